The molecule has 4 rings (SSSR count). The van der Waals surface area contributed by atoms with Crippen molar-refractivity contribution in [2.45, 2.75) is 18.6 Å². The smallest absolute Gasteiger partial charge is 0.321 e. The second-order valence-corrected chi connectivity index (χ2v) is 8.12. The number of nitrogens with zero attached hydrogens (tertiary/aromatic N) is 4. The van der Waals surface area contributed by atoms with Gasteiger partial charge in [0.1, 0.15) is 0 Å². The van der Waals surface area contributed by atoms with Gasteiger partial charge in [-0.25, -0.2) is 4.79 Å². The molecule has 2 N–H and O–H groups in total. The zero-order chi connectivity index (χ0) is 23.0. The molecule has 2 aromatic heterocycles. The lowest BCUT2D eigenvalue weighted by Crippen LogP contribution is -2.40. The van der Waals surface area contributed by atoms with Crippen LogP contribution in [0.25, 0.3) is 17.1 Å². The van der Waals surface area contributed by atoms with Crippen LogP contribution in [0.3, 0.4) is 0 Å². The molecule has 0 saturated heterocycles. The van der Waals surface area contributed by atoms with Crippen LogP contribution in [0.4, 0.5) is 4.79 Å². The van der Waals surface area contributed by atoms with E-state index in [1.807, 2.05) is 78.2 Å². The number of imide groups is 1. The van der Waals surface area contributed by atoms with Crippen molar-refractivity contribution >= 4 is 23.7 Å². The molecule has 0 radical (unpaired) electrons. The minimum Gasteiger partial charge on any atom is -0.334 e. The van der Waals surface area contributed by atoms with E-state index in [1.54, 1.807) is 12.4 Å². The molecule has 0 unspecified atom stereocenters. The lowest BCUT2D eigenvalue weighted by atomic mass is 10.2. The van der Waals surface area contributed by atoms with E-state index < -0.39 is 11.9 Å². The Labute approximate surface area is 195 Å². The van der Waals surface area contributed by atoms with E-state index >= 15 is 0 Å². The predicted octanol–water partition coefficient (Wildman–Crippen LogP) is 3.76. The SMILES string of the molecule is Cc1ccccc1-n1c(SCC(=O)NC(=O)NCc2ccccc2)nnc1-c1cccnc1. The van der Waals surface area contributed by atoms with Gasteiger partial charge < -0.3 is 5.32 Å². The molecule has 0 aliphatic carbocycles. The third kappa shape index (κ3) is 5.64. The third-order valence-corrected chi connectivity index (χ3v) is 5.72. The average molecular weight is 459 g/mol. The zero-order valence-corrected chi connectivity index (χ0v) is 18.7. The third-order valence-electron chi connectivity index (χ3n) is 4.79. The van der Waals surface area contributed by atoms with E-state index in [0.717, 1.165) is 22.4 Å². The number of hydrogen-bond acceptors (Lipinski definition) is 6. The molecule has 8 nitrogen and oxygen atoms in total. The zero-order valence-electron chi connectivity index (χ0n) is 17.9. The molecule has 0 spiro atoms. The molecule has 0 fully saturated rings. The van der Waals surface area contributed by atoms with Crippen molar-refractivity contribution in [2.24, 2.45) is 0 Å². The van der Waals surface area contributed by atoms with Gasteiger partial charge in [0.15, 0.2) is 11.0 Å². The molecule has 0 aliphatic heterocycles. The van der Waals surface area contributed by atoms with E-state index in [0.29, 0.717) is 17.5 Å². The highest BCUT2D eigenvalue weighted by Gasteiger charge is 2.19. The van der Waals surface area contributed by atoms with Crippen molar-refractivity contribution in [1.82, 2.24) is 30.4 Å². The Kier molecular flexibility index (Phi) is 7.11. The Balaban J connectivity index is 1.46. The normalized spacial score (nSPS) is 10.6. The molecule has 2 aromatic carbocycles. The number of urea groups is 1. The fourth-order valence-corrected chi connectivity index (χ4v) is 3.94. The molecule has 4 aromatic rings. The van der Waals surface area contributed by atoms with Crippen LogP contribution in [-0.4, -0.2) is 37.4 Å². The minimum absolute atomic E-state index is 0.00973. The van der Waals surface area contributed by atoms with Crippen molar-refractivity contribution in [1.29, 1.82) is 0 Å². The number of amides is 3. The van der Waals surface area contributed by atoms with Gasteiger partial charge in [-0.3, -0.25) is 19.7 Å². The van der Waals surface area contributed by atoms with E-state index in [2.05, 4.69) is 25.8 Å². The van der Waals surface area contributed by atoms with Gasteiger partial charge in [0.05, 0.1) is 11.4 Å². The molecule has 3 amide bonds. The van der Waals surface area contributed by atoms with Gasteiger partial charge in [-0.05, 0) is 36.2 Å². The lowest BCUT2D eigenvalue weighted by Gasteiger charge is -2.12. The topological polar surface area (TPSA) is 102 Å². The maximum atomic E-state index is 12.4. The van der Waals surface area contributed by atoms with Crippen LogP contribution in [-0.2, 0) is 11.3 Å². The Morgan fingerprint density at radius 2 is 1.76 bits per heavy atom. The Bertz CT molecular complexity index is 1240. The molecule has 0 bridgehead atoms. The van der Waals surface area contributed by atoms with E-state index in [4.69, 9.17) is 0 Å². The number of benzene rings is 2. The van der Waals surface area contributed by atoms with Gasteiger partial charge >= 0.3 is 6.03 Å². The van der Waals surface area contributed by atoms with Crippen LogP contribution in [0.2, 0.25) is 0 Å². The summed E-state index contributed by atoms with van der Waals surface area (Å²) in [5.74, 6) is 0.212. The molecule has 2 heterocycles. The van der Waals surface area contributed by atoms with Crippen molar-refractivity contribution < 1.29 is 9.59 Å². The highest BCUT2D eigenvalue weighted by molar-refractivity contribution is 7.99. The predicted molar refractivity (Wildman–Crippen MR) is 127 cm³/mol. The summed E-state index contributed by atoms with van der Waals surface area (Å²) < 4.78 is 1.90. The summed E-state index contributed by atoms with van der Waals surface area (Å²) >= 11 is 1.21. The van der Waals surface area contributed by atoms with E-state index in [9.17, 15) is 9.59 Å². The molecule has 0 aliphatic rings. The number of aryl methyl sites for hydroxylation is 1. The van der Waals surface area contributed by atoms with E-state index in [1.165, 1.54) is 11.8 Å². The first kappa shape index (κ1) is 22.2. The van der Waals surface area contributed by atoms with Gasteiger partial charge in [0, 0.05) is 24.5 Å². The first-order valence-corrected chi connectivity index (χ1v) is 11.3. The maximum absolute atomic E-state index is 12.4. The first-order chi connectivity index (χ1) is 16.1. The van der Waals surface area contributed by atoms with Crippen LogP contribution in [0.1, 0.15) is 11.1 Å². The Morgan fingerprint density at radius 3 is 2.52 bits per heavy atom. The molecule has 166 valence electrons. The number of carbonyl (C=O) groups is 2. The van der Waals surface area contributed by atoms with Crippen LogP contribution in [0, 0.1) is 6.92 Å². The lowest BCUT2D eigenvalue weighted by molar-refractivity contribution is -0.117. The quantitative estimate of drug-likeness (QED) is 0.409. The second-order valence-electron chi connectivity index (χ2n) is 7.17. The summed E-state index contributed by atoms with van der Waals surface area (Å²) in [5, 5.41) is 14.2. The largest absolute Gasteiger partial charge is 0.334 e. The summed E-state index contributed by atoms with van der Waals surface area (Å²) in [5.41, 5.74) is 3.70. The number of thioether (sulfide) groups is 1. The van der Waals surface area contributed by atoms with Gasteiger partial charge in [0.25, 0.3) is 0 Å². The van der Waals surface area contributed by atoms with Gasteiger partial charge in [-0.2, -0.15) is 0 Å². The van der Waals surface area contributed by atoms with Gasteiger partial charge in [-0.1, -0.05) is 60.3 Å². The minimum atomic E-state index is -0.541. The van der Waals surface area contributed by atoms with Crippen LogP contribution in [0.15, 0.2) is 84.3 Å². The number of aromatic nitrogens is 4. The molecule has 0 atom stereocenters. The maximum Gasteiger partial charge on any atom is 0.321 e. The number of pyridine rings is 1. The fraction of sp³-hybridized carbons (Fsp3) is 0.125. The Morgan fingerprint density at radius 1 is 0.970 bits per heavy atom. The molecule has 0 saturated carbocycles. The van der Waals surface area contributed by atoms with Crippen molar-refractivity contribution in [3.05, 3.63) is 90.3 Å². The van der Waals surface area contributed by atoms with Crippen molar-refractivity contribution in [3.63, 3.8) is 0 Å². The van der Waals surface area contributed by atoms with Gasteiger partial charge in [-0.15, -0.1) is 10.2 Å². The summed E-state index contributed by atoms with van der Waals surface area (Å²) in [4.78, 5) is 28.6. The summed E-state index contributed by atoms with van der Waals surface area (Å²) in [7, 11) is 0. The number of hydrogen-bond donors (Lipinski definition) is 2. The van der Waals surface area contributed by atoms with Gasteiger partial charge in [0.2, 0.25) is 5.91 Å². The Hall–Kier alpha value is -3.98. The summed E-state index contributed by atoms with van der Waals surface area (Å²) in [6.45, 7) is 2.34. The number of carbonyl (C=O) groups excluding carboxylic acids is 2. The fourth-order valence-electron chi connectivity index (χ4n) is 3.19. The summed E-state index contributed by atoms with van der Waals surface area (Å²) in [6, 6.07) is 20.6. The van der Waals surface area contributed by atoms with Crippen LogP contribution < -0.4 is 10.6 Å². The standard InChI is InChI=1S/C24H22N6O2S/c1-17-8-5-6-12-20(17)30-22(19-11-7-13-25-15-19)28-29-24(30)33-16-21(31)27-23(32)26-14-18-9-3-2-4-10-18/h2-13,15H,14,16H2,1H3,(H2,26,27,31,32). The number of rotatable bonds is 7. The second kappa shape index (κ2) is 10.6. The monoisotopic (exact) mass is 458 g/mol. The van der Waals surface area contributed by atoms with E-state index in [-0.39, 0.29) is 5.75 Å². The van der Waals surface area contributed by atoms with Crippen LogP contribution in [0.5, 0.6) is 0 Å². The van der Waals surface area contributed by atoms with Crippen LogP contribution >= 0.6 is 11.8 Å². The molecular formula is C24H22N6O2S. The van der Waals surface area contributed by atoms with Crippen molar-refractivity contribution in [3.8, 4) is 17.1 Å². The number of para-hydroxylation sites is 1. The van der Waals surface area contributed by atoms with Crippen molar-refractivity contribution in [2.75, 3.05) is 5.75 Å². The highest BCUT2D eigenvalue weighted by Crippen LogP contribution is 2.28. The molecule has 33 heavy (non-hydrogen) atoms. The number of nitrogens with one attached hydrogen (secondary N) is 2. The average Bonchev–Trinajstić information content (AvgIpc) is 3.27. The molecular weight excluding hydrogens is 436 g/mol. The first-order valence-electron chi connectivity index (χ1n) is 10.3. The highest BCUT2D eigenvalue weighted by atomic mass is 32.2. The molecule has 9 heteroatoms. The summed E-state index contributed by atoms with van der Waals surface area (Å²) in [6.07, 6.45) is 3.41.